The second-order valence-electron chi connectivity index (χ2n) is 4.60. The summed E-state index contributed by atoms with van der Waals surface area (Å²) >= 11 is 0. The van der Waals surface area contributed by atoms with Crippen LogP contribution < -0.4 is 15.4 Å². The van der Waals surface area contributed by atoms with Crippen molar-refractivity contribution < 1.29 is 18.3 Å². The molecule has 6 heteroatoms. The standard InChI is InChI=1S/C15H12F2N2O2/c16-11-2-1-3-12(17)14(11)19-15(20)18-10-4-5-13-9(8-10)6-7-21-13/h1-5,8H,6-7H2,(H2,18,19,20). The number of hydrogen-bond acceptors (Lipinski definition) is 2. The van der Waals surface area contributed by atoms with Gasteiger partial charge in [-0.3, -0.25) is 0 Å². The van der Waals surface area contributed by atoms with Gasteiger partial charge >= 0.3 is 6.03 Å². The summed E-state index contributed by atoms with van der Waals surface area (Å²) in [4.78, 5) is 11.8. The number of amides is 2. The zero-order valence-electron chi connectivity index (χ0n) is 11.0. The van der Waals surface area contributed by atoms with Gasteiger partial charge in [0.05, 0.1) is 6.61 Å². The summed E-state index contributed by atoms with van der Waals surface area (Å²) in [5.74, 6) is -0.860. The molecule has 108 valence electrons. The van der Waals surface area contributed by atoms with E-state index in [-0.39, 0.29) is 0 Å². The van der Waals surface area contributed by atoms with Gasteiger partial charge in [-0.1, -0.05) is 6.07 Å². The van der Waals surface area contributed by atoms with E-state index in [2.05, 4.69) is 10.6 Å². The molecule has 1 heterocycles. The number of ether oxygens (including phenoxy) is 1. The van der Waals surface area contributed by atoms with Gasteiger partial charge in [0, 0.05) is 12.1 Å². The van der Waals surface area contributed by atoms with E-state index < -0.39 is 23.4 Å². The van der Waals surface area contributed by atoms with Crippen LogP contribution in [0.4, 0.5) is 25.0 Å². The van der Waals surface area contributed by atoms with Gasteiger partial charge in [-0.25, -0.2) is 13.6 Å². The third kappa shape index (κ3) is 2.79. The SMILES string of the molecule is O=C(Nc1ccc2c(c1)CCO2)Nc1c(F)cccc1F. The van der Waals surface area contributed by atoms with Crippen LogP contribution in [0.3, 0.4) is 0 Å². The molecule has 1 aliphatic heterocycles. The first-order chi connectivity index (χ1) is 10.1. The average Bonchev–Trinajstić information content (AvgIpc) is 2.90. The van der Waals surface area contributed by atoms with Crippen molar-refractivity contribution in [1.82, 2.24) is 0 Å². The number of para-hydroxylation sites is 1. The second-order valence-corrected chi connectivity index (χ2v) is 4.60. The molecule has 2 aromatic carbocycles. The normalized spacial score (nSPS) is 12.5. The molecule has 0 unspecified atom stereocenters. The summed E-state index contributed by atoms with van der Waals surface area (Å²) in [7, 11) is 0. The van der Waals surface area contributed by atoms with Crippen molar-refractivity contribution in [2.24, 2.45) is 0 Å². The maximum atomic E-state index is 13.4. The number of carbonyl (C=O) groups is 1. The first-order valence-electron chi connectivity index (χ1n) is 6.41. The van der Waals surface area contributed by atoms with Gasteiger partial charge in [-0.15, -0.1) is 0 Å². The Hall–Kier alpha value is -2.63. The third-order valence-electron chi connectivity index (χ3n) is 3.15. The lowest BCUT2D eigenvalue weighted by molar-refractivity contribution is 0.262. The predicted molar refractivity (Wildman–Crippen MR) is 74.6 cm³/mol. The highest BCUT2D eigenvalue weighted by Gasteiger charge is 2.14. The molecule has 0 fully saturated rings. The molecule has 3 rings (SSSR count). The van der Waals surface area contributed by atoms with E-state index in [9.17, 15) is 13.6 Å². The molecule has 0 aliphatic carbocycles. The van der Waals surface area contributed by atoms with E-state index >= 15 is 0 Å². The van der Waals surface area contributed by atoms with Crippen molar-refractivity contribution in [2.75, 3.05) is 17.2 Å². The number of carbonyl (C=O) groups excluding carboxylic acids is 1. The highest BCUT2D eigenvalue weighted by atomic mass is 19.1. The molecule has 2 aromatic rings. The van der Waals surface area contributed by atoms with Gasteiger partial charge in [-0.05, 0) is 35.9 Å². The number of halogens is 2. The Labute approximate surface area is 119 Å². The number of hydrogen-bond donors (Lipinski definition) is 2. The van der Waals surface area contributed by atoms with Gasteiger partial charge < -0.3 is 15.4 Å². The molecule has 1 aliphatic rings. The average molecular weight is 290 g/mol. The Kier molecular flexibility index (Phi) is 3.43. The predicted octanol–water partition coefficient (Wildman–Crippen LogP) is 3.54. The monoisotopic (exact) mass is 290 g/mol. The van der Waals surface area contributed by atoms with Crippen LogP contribution in [0.15, 0.2) is 36.4 Å². The van der Waals surface area contributed by atoms with E-state index in [1.165, 1.54) is 6.07 Å². The van der Waals surface area contributed by atoms with E-state index in [1.807, 2.05) is 0 Å². The lowest BCUT2D eigenvalue weighted by Gasteiger charge is -2.10. The summed E-state index contributed by atoms with van der Waals surface area (Å²) in [5, 5.41) is 4.70. The van der Waals surface area contributed by atoms with Crippen molar-refractivity contribution in [3.05, 3.63) is 53.6 Å². The number of fused-ring (bicyclic) bond motifs is 1. The largest absolute Gasteiger partial charge is 0.493 e. The number of anilines is 2. The van der Waals surface area contributed by atoms with Gasteiger partial charge in [0.2, 0.25) is 0 Å². The van der Waals surface area contributed by atoms with Crippen molar-refractivity contribution in [2.45, 2.75) is 6.42 Å². The van der Waals surface area contributed by atoms with E-state index in [4.69, 9.17) is 4.74 Å². The number of nitrogens with one attached hydrogen (secondary N) is 2. The third-order valence-corrected chi connectivity index (χ3v) is 3.15. The maximum Gasteiger partial charge on any atom is 0.323 e. The van der Waals surface area contributed by atoms with Gasteiger partial charge in [-0.2, -0.15) is 0 Å². The zero-order valence-corrected chi connectivity index (χ0v) is 11.0. The van der Waals surface area contributed by atoms with Crippen LogP contribution >= 0.6 is 0 Å². The minimum atomic E-state index is -0.826. The summed E-state index contributed by atoms with van der Waals surface area (Å²) < 4.78 is 32.2. The van der Waals surface area contributed by atoms with Gasteiger partial charge in [0.15, 0.2) is 0 Å². The Balaban J connectivity index is 1.72. The minimum absolute atomic E-state index is 0.473. The fourth-order valence-corrected chi connectivity index (χ4v) is 2.16. The van der Waals surface area contributed by atoms with Crippen LogP contribution in [-0.4, -0.2) is 12.6 Å². The Morgan fingerprint density at radius 3 is 2.62 bits per heavy atom. The molecular formula is C15H12F2N2O2. The van der Waals surface area contributed by atoms with Crippen molar-refractivity contribution >= 4 is 17.4 Å². The van der Waals surface area contributed by atoms with E-state index in [1.54, 1.807) is 18.2 Å². The molecular weight excluding hydrogens is 278 g/mol. The Morgan fingerprint density at radius 1 is 1.10 bits per heavy atom. The van der Waals surface area contributed by atoms with Gasteiger partial charge in [0.25, 0.3) is 0 Å². The van der Waals surface area contributed by atoms with Crippen LogP contribution in [0.25, 0.3) is 0 Å². The van der Waals surface area contributed by atoms with E-state index in [0.717, 1.165) is 29.9 Å². The molecule has 0 radical (unpaired) electrons. The Bertz CT molecular complexity index is 684. The minimum Gasteiger partial charge on any atom is -0.493 e. The highest BCUT2D eigenvalue weighted by Crippen LogP contribution is 2.28. The van der Waals surface area contributed by atoms with Gasteiger partial charge in [0.1, 0.15) is 23.1 Å². The molecule has 0 atom stereocenters. The quantitative estimate of drug-likeness (QED) is 0.888. The summed E-state index contributed by atoms with van der Waals surface area (Å²) in [6.45, 7) is 0.616. The van der Waals surface area contributed by atoms with E-state index in [0.29, 0.717) is 12.3 Å². The molecule has 21 heavy (non-hydrogen) atoms. The lowest BCUT2D eigenvalue weighted by Crippen LogP contribution is -2.21. The molecule has 0 spiro atoms. The Morgan fingerprint density at radius 2 is 1.86 bits per heavy atom. The zero-order chi connectivity index (χ0) is 14.8. The molecule has 0 saturated carbocycles. The first-order valence-corrected chi connectivity index (χ1v) is 6.41. The van der Waals surface area contributed by atoms with Crippen LogP contribution in [0.1, 0.15) is 5.56 Å². The second kappa shape index (κ2) is 5.40. The molecule has 0 saturated heterocycles. The maximum absolute atomic E-state index is 13.4. The topological polar surface area (TPSA) is 50.4 Å². The summed E-state index contributed by atoms with van der Waals surface area (Å²) in [6, 6.07) is 7.87. The van der Waals surface area contributed by atoms with Crippen molar-refractivity contribution in [3.8, 4) is 5.75 Å². The fraction of sp³-hybridized carbons (Fsp3) is 0.133. The summed E-state index contributed by atoms with van der Waals surface area (Å²) in [5.41, 5.74) is 1.05. The van der Waals surface area contributed by atoms with Crippen LogP contribution in [-0.2, 0) is 6.42 Å². The smallest absolute Gasteiger partial charge is 0.323 e. The molecule has 2 N–H and O–H groups in total. The molecule has 4 nitrogen and oxygen atoms in total. The number of urea groups is 1. The molecule has 2 amide bonds. The number of rotatable bonds is 2. The van der Waals surface area contributed by atoms with Crippen LogP contribution in [0.5, 0.6) is 5.75 Å². The summed E-state index contributed by atoms with van der Waals surface area (Å²) in [6.07, 6.45) is 0.772. The molecule has 0 bridgehead atoms. The fourth-order valence-electron chi connectivity index (χ4n) is 2.16. The molecule has 0 aromatic heterocycles. The number of benzene rings is 2. The van der Waals surface area contributed by atoms with Crippen LogP contribution in [0, 0.1) is 11.6 Å². The van der Waals surface area contributed by atoms with Crippen LogP contribution in [0.2, 0.25) is 0 Å². The first kappa shape index (κ1) is 13.4. The van der Waals surface area contributed by atoms with Crippen molar-refractivity contribution in [3.63, 3.8) is 0 Å². The highest BCUT2D eigenvalue weighted by molar-refractivity contribution is 6.00. The van der Waals surface area contributed by atoms with Crippen molar-refractivity contribution in [1.29, 1.82) is 0 Å². The lowest BCUT2D eigenvalue weighted by atomic mass is 10.1.